The molecule has 0 bridgehead atoms. The summed E-state index contributed by atoms with van der Waals surface area (Å²) in [5.74, 6) is 0.147. The Morgan fingerprint density at radius 2 is 1.85 bits per heavy atom. The van der Waals surface area contributed by atoms with Crippen LogP contribution in [0.4, 0.5) is 16.3 Å². The van der Waals surface area contributed by atoms with E-state index in [4.69, 9.17) is 4.74 Å². The number of nitrogens with zero attached hydrogens (tertiary/aromatic N) is 5. The van der Waals surface area contributed by atoms with Crippen molar-refractivity contribution < 1.29 is 19.1 Å². The number of carbonyl (C=O) groups excluding carboxylic acids is 3. The molecule has 0 radical (unpaired) electrons. The van der Waals surface area contributed by atoms with E-state index in [9.17, 15) is 14.4 Å². The van der Waals surface area contributed by atoms with Crippen molar-refractivity contribution in [2.45, 2.75) is 39.2 Å². The van der Waals surface area contributed by atoms with E-state index in [2.05, 4.69) is 32.3 Å². The van der Waals surface area contributed by atoms with Crippen molar-refractivity contribution in [2.75, 3.05) is 49.1 Å². The normalized spacial score (nSPS) is 18.1. The first-order chi connectivity index (χ1) is 15.6. The molecule has 2 aromatic rings. The molecule has 10 heteroatoms. The Hall–Kier alpha value is -3.14. The van der Waals surface area contributed by atoms with Crippen LogP contribution in [0.2, 0.25) is 0 Å². The molecule has 0 unspecified atom stereocenters. The van der Waals surface area contributed by atoms with Crippen molar-refractivity contribution in [2.24, 2.45) is 7.05 Å². The number of hydrogen-bond acceptors (Lipinski definition) is 7. The second kappa shape index (κ2) is 9.01. The van der Waals surface area contributed by atoms with Gasteiger partial charge in [0.1, 0.15) is 5.60 Å². The first-order valence-corrected chi connectivity index (χ1v) is 11.4. The number of anilines is 2. The third kappa shape index (κ3) is 5.27. The molecule has 0 atom stereocenters. The quantitative estimate of drug-likeness (QED) is 0.686. The number of esters is 1. The van der Waals surface area contributed by atoms with Crippen molar-refractivity contribution in [3.8, 4) is 0 Å². The van der Waals surface area contributed by atoms with Gasteiger partial charge in [-0.3, -0.25) is 29.4 Å². The average Bonchev–Trinajstić information content (AvgIpc) is 3.07. The van der Waals surface area contributed by atoms with E-state index in [0.717, 1.165) is 42.8 Å². The number of amides is 3. The number of nitrogens with one attached hydrogen (secondary N) is 1. The van der Waals surface area contributed by atoms with Gasteiger partial charge in [0.15, 0.2) is 5.82 Å². The Balaban J connectivity index is 1.39. The molecular formula is C23H32N6O4. The molecule has 3 heterocycles. The minimum absolute atomic E-state index is 0.158. The van der Waals surface area contributed by atoms with E-state index in [1.165, 1.54) is 4.90 Å². The number of ether oxygens (including phenoxy) is 1. The van der Waals surface area contributed by atoms with E-state index in [1.54, 1.807) is 4.68 Å². The molecule has 0 spiro atoms. The predicted molar refractivity (Wildman–Crippen MR) is 125 cm³/mol. The number of fused-ring (bicyclic) bond motifs is 1. The third-order valence-electron chi connectivity index (χ3n) is 5.91. The molecule has 4 rings (SSSR count). The second-order valence-corrected chi connectivity index (χ2v) is 9.57. The van der Waals surface area contributed by atoms with Crippen LogP contribution in [0, 0.1) is 0 Å². The summed E-state index contributed by atoms with van der Waals surface area (Å²) >= 11 is 0. The summed E-state index contributed by atoms with van der Waals surface area (Å²) in [6.07, 6.45) is 0.663. The smallest absolute Gasteiger partial charge is 0.329 e. The number of aromatic nitrogens is 2. The molecule has 2 aliphatic heterocycles. The topological polar surface area (TPSA) is 100 Å². The summed E-state index contributed by atoms with van der Waals surface area (Å²) in [4.78, 5) is 41.9. The standard InChI is InChI=1S/C23H32N6O4/c1-23(2,3)33-20(31)8-9-27-11-13-28(14-12-27)16-5-6-17-18(15-16)26(4)25-21(17)29-10-7-19(30)24-22(29)32/h5-6,15H,7-14H2,1-4H3,(H,24,30,32). The zero-order valence-corrected chi connectivity index (χ0v) is 19.8. The lowest BCUT2D eigenvalue weighted by Gasteiger charge is -2.36. The fraction of sp³-hybridized carbons (Fsp3) is 0.565. The van der Waals surface area contributed by atoms with E-state index in [1.807, 2.05) is 33.9 Å². The number of rotatable bonds is 5. The minimum Gasteiger partial charge on any atom is -0.460 e. The highest BCUT2D eigenvalue weighted by atomic mass is 16.6. The second-order valence-electron chi connectivity index (χ2n) is 9.57. The fourth-order valence-electron chi connectivity index (χ4n) is 4.26. The van der Waals surface area contributed by atoms with Crippen molar-refractivity contribution in [1.29, 1.82) is 0 Å². The molecule has 2 aliphatic rings. The Labute approximate surface area is 193 Å². The van der Waals surface area contributed by atoms with Gasteiger partial charge in [-0.2, -0.15) is 5.10 Å². The average molecular weight is 457 g/mol. The highest BCUT2D eigenvalue weighted by molar-refractivity contribution is 6.09. The van der Waals surface area contributed by atoms with Gasteiger partial charge in [-0.15, -0.1) is 0 Å². The van der Waals surface area contributed by atoms with Gasteiger partial charge in [0, 0.05) is 63.8 Å². The SMILES string of the molecule is Cn1nc(N2CCC(=O)NC2=O)c2ccc(N3CCN(CCC(=O)OC(C)(C)C)CC3)cc21. The van der Waals surface area contributed by atoms with Gasteiger partial charge in [0.25, 0.3) is 0 Å². The molecule has 3 amide bonds. The lowest BCUT2D eigenvalue weighted by atomic mass is 10.1. The summed E-state index contributed by atoms with van der Waals surface area (Å²) < 4.78 is 7.17. The van der Waals surface area contributed by atoms with Gasteiger partial charge in [-0.1, -0.05) is 0 Å². The molecule has 1 aromatic heterocycles. The number of benzene rings is 1. The van der Waals surface area contributed by atoms with E-state index >= 15 is 0 Å². The van der Waals surface area contributed by atoms with Crippen LogP contribution in [0.25, 0.3) is 10.9 Å². The molecule has 10 nitrogen and oxygen atoms in total. The summed E-state index contributed by atoms with van der Waals surface area (Å²) in [7, 11) is 1.86. The first kappa shape index (κ1) is 23.0. The number of carbonyl (C=O) groups is 3. The maximum Gasteiger partial charge on any atom is 0.329 e. The van der Waals surface area contributed by atoms with Gasteiger partial charge >= 0.3 is 12.0 Å². The van der Waals surface area contributed by atoms with Gasteiger partial charge in [0.2, 0.25) is 5.91 Å². The van der Waals surface area contributed by atoms with Gasteiger partial charge in [-0.05, 0) is 39.0 Å². The monoisotopic (exact) mass is 456 g/mol. The Kier molecular flexibility index (Phi) is 6.29. The number of piperazine rings is 1. The maximum absolute atomic E-state index is 12.3. The largest absolute Gasteiger partial charge is 0.460 e. The minimum atomic E-state index is -0.449. The summed E-state index contributed by atoms with van der Waals surface area (Å²) in [5.41, 5.74) is 1.58. The maximum atomic E-state index is 12.3. The van der Waals surface area contributed by atoms with Crippen molar-refractivity contribution in [3.05, 3.63) is 18.2 Å². The van der Waals surface area contributed by atoms with Crippen molar-refractivity contribution >= 4 is 40.3 Å². The molecule has 0 saturated carbocycles. The zero-order chi connectivity index (χ0) is 23.8. The van der Waals surface area contributed by atoms with Crippen LogP contribution >= 0.6 is 0 Å². The van der Waals surface area contributed by atoms with Crippen LogP contribution in [0.15, 0.2) is 18.2 Å². The van der Waals surface area contributed by atoms with E-state index in [0.29, 0.717) is 25.3 Å². The van der Waals surface area contributed by atoms with Crippen LogP contribution in [0.3, 0.4) is 0 Å². The highest BCUT2D eigenvalue weighted by Crippen LogP contribution is 2.30. The van der Waals surface area contributed by atoms with E-state index < -0.39 is 11.6 Å². The molecular weight excluding hydrogens is 424 g/mol. The molecule has 1 N–H and O–H groups in total. The van der Waals surface area contributed by atoms with Crippen LogP contribution in [-0.2, 0) is 21.4 Å². The Morgan fingerprint density at radius 3 is 2.52 bits per heavy atom. The molecule has 178 valence electrons. The molecule has 2 saturated heterocycles. The summed E-state index contributed by atoms with van der Waals surface area (Å²) in [6, 6.07) is 5.70. The summed E-state index contributed by atoms with van der Waals surface area (Å²) in [5, 5.41) is 7.78. The molecule has 1 aromatic carbocycles. The highest BCUT2D eigenvalue weighted by Gasteiger charge is 2.28. The fourth-order valence-corrected chi connectivity index (χ4v) is 4.26. The van der Waals surface area contributed by atoms with Gasteiger partial charge in [-0.25, -0.2) is 4.79 Å². The van der Waals surface area contributed by atoms with Crippen LogP contribution < -0.4 is 15.1 Å². The molecule has 2 fully saturated rings. The number of urea groups is 1. The lowest BCUT2D eigenvalue weighted by Crippen LogP contribution is -2.49. The van der Waals surface area contributed by atoms with Crippen LogP contribution in [-0.4, -0.2) is 77.5 Å². The van der Waals surface area contributed by atoms with E-state index in [-0.39, 0.29) is 18.3 Å². The van der Waals surface area contributed by atoms with Crippen molar-refractivity contribution in [1.82, 2.24) is 20.0 Å². The van der Waals surface area contributed by atoms with Crippen molar-refractivity contribution in [3.63, 3.8) is 0 Å². The first-order valence-electron chi connectivity index (χ1n) is 11.4. The Morgan fingerprint density at radius 1 is 1.12 bits per heavy atom. The van der Waals surface area contributed by atoms with Crippen LogP contribution in [0.5, 0.6) is 0 Å². The van der Waals surface area contributed by atoms with Gasteiger partial charge in [0.05, 0.1) is 11.9 Å². The van der Waals surface area contributed by atoms with Crippen LogP contribution in [0.1, 0.15) is 33.6 Å². The Bertz CT molecular complexity index is 1060. The number of aryl methyl sites for hydroxylation is 1. The zero-order valence-electron chi connectivity index (χ0n) is 19.8. The lowest BCUT2D eigenvalue weighted by molar-refractivity contribution is -0.155. The van der Waals surface area contributed by atoms with Gasteiger partial charge < -0.3 is 9.64 Å². The molecule has 0 aliphatic carbocycles. The molecule has 33 heavy (non-hydrogen) atoms. The summed E-state index contributed by atoms with van der Waals surface area (Å²) in [6.45, 7) is 10.1. The third-order valence-corrected chi connectivity index (χ3v) is 5.91. The number of imide groups is 1. The predicted octanol–water partition coefficient (Wildman–Crippen LogP) is 1.87. The number of hydrogen-bond donors (Lipinski definition) is 1.